The highest BCUT2D eigenvalue weighted by Crippen LogP contribution is 2.29. The van der Waals surface area contributed by atoms with Gasteiger partial charge in [-0.2, -0.15) is 0 Å². The van der Waals surface area contributed by atoms with E-state index in [1.807, 2.05) is 0 Å². The van der Waals surface area contributed by atoms with Crippen LogP contribution in [-0.2, 0) is 0 Å². The Labute approximate surface area is 116 Å². The van der Waals surface area contributed by atoms with Crippen LogP contribution in [0.5, 0.6) is 0 Å². The zero-order valence-electron chi connectivity index (χ0n) is 10.1. The van der Waals surface area contributed by atoms with Crippen LogP contribution < -0.4 is 0 Å². The van der Waals surface area contributed by atoms with Crippen molar-refractivity contribution in [2.45, 2.75) is 0 Å². The fourth-order valence-corrected chi connectivity index (χ4v) is 1.37. The van der Waals surface area contributed by atoms with E-state index < -0.39 is 57.9 Å². The van der Waals surface area contributed by atoms with Crippen LogP contribution in [-0.4, -0.2) is 0 Å². The van der Waals surface area contributed by atoms with Crippen molar-refractivity contribution in [3.05, 3.63) is 58.7 Å². The maximum Gasteiger partial charge on any atom is 0.199 e. The predicted octanol–water partition coefficient (Wildman–Crippen LogP) is 5.21. The lowest BCUT2D eigenvalue weighted by Gasteiger charge is -2.02. The van der Waals surface area contributed by atoms with E-state index in [0.29, 0.717) is 0 Å². The fraction of sp³-hybridized carbons (Fsp3) is 0. The second-order valence-corrected chi connectivity index (χ2v) is 3.84. The molecule has 0 saturated carbocycles. The van der Waals surface area contributed by atoms with E-state index >= 15 is 0 Å². The molecule has 116 valence electrons. The highest BCUT2D eigenvalue weighted by Gasteiger charge is 2.21. The SMILES string of the molecule is Fc1cc(N=Nc2cc(F)c(F)c(F)c2F)c(F)c(F)c1F. The Morgan fingerprint density at radius 1 is 0.455 bits per heavy atom. The van der Waals surface area contributed by atoms with Gasteiger partial charge in [-0.1, -0.05) is 0 Å². The minimum Gasteiger partial charge on any atom is -0.204 e. The molecule has 0 aliphatic rings. The highest BCUT2D eigenvalue weighted by atomic mass is 19.2. The predicted molar refractivity (Wildman–Crippen MR) is 56.7 cm³/mol. The first kappa shape index (κ1) is 15.9. The molecule has 0 N–H and O–H groups in total. The quantitative estimate of drug-likeness (QED) is 0.313. The summed E-state index contributed by atoms with van der Waals surface area (Å²) in [6.07, 6.45) is 0. The van der Waals surface area contributed by atoms with Gasteiger partial charge >= 0.3 is 0 Å². The molecule has 22 heavy (non-hydrogen) atoms. The number of azo groups is 1. The van der Waals surface area contributed by atoms with Gasteiger partial charge in [-0.05, 0) is 0 Å². The monoisotopic (exact) mass is 326 g/mol. The molecule has 0 fully saturated rings. The maximum atomic E-state index is 13.2. The van der Waals surface area contributed by atoms with Gasteiger partial charge in [-0.15, -0.1) is 10.2 Å². The average molecular weight is 326 g/mol. The molecule has 0 aliphatic heterocycles. The molecular weight excluding hydrogens is 324 g/mol. The van der Waals surface area contributed by atoms with Gasteiger partial charge in [0.15, 0.2) is 46.5 Å². The first-order valence-corrected chi connectivity index (χ1v) is 5.31. The number of benzene rings is 2. The van der Waals surface area contributed by atoms with Crippen LogP contribution in [0.1, 0.15) is 0 Å². The van der Waals surface area contributed by atoms with Crippen LogP contribution in [0.15, 0.2) is 22.4 Å². The lowest BCUT2D eigenvalue weighted by atomic mass is 10.2. The highest BCUT2D eigenvalue weighted by molar-refractivity contribution is 5.43. The molecule has 0 atom stereocenters. The molecule has 0 unspecified atom stereocenters. The van der Waals surface area contributed by atoms with Gasteiger partial charge in [0.2, 0.25) is 0 Å². The molecule has 0 aromatic heterocycles. The Hall–Kier alpha value is -2.52. The molecule has 2 aromatic carbocycles. The molecular formula is C12H2F8N2. The van der Waals surface area contributed by atoms with Crippen molar-refractivity contribution >= 4 is 11.4 Å². The maximum absolute atomic E-state index is 13.2. The van der Waals surface area contributed by atoms with Crippen molar-refractivity contribution in [2.75, 3.05) is 0 Å². The fourth-order valence-electron chi connectivity index (χ4n) is 1.37. The lowest BCUT2D eigenvalue weighted by Crippen LogP contribution is -1.96. The molecule has 0 bridgehead atoms. The van der Waals surface area contributed by atoms with E-state index in [-0.39, 0.29) is 12.1 Å². The Bertz CT molecular complexity index is 722. The van der Waals surface area contributed by atoms with Crippen molar-refractivity contribution < 1.29 is 35.1 Å². The number of hydrogen-bond acceptors (Lipinski definition) is 2. The van der Waals surface area contributed by atoms with Gasteiger partial charge < -0.3 is 0 Å². The van der Waals surface area contributed by atoms with E-state index in [1.54, 1.807) is 0 Å². The molecule has 0 radical (unpaired) electrons. The summed E-state index contributed by atoms with van der Waals surface area (Å²) in [6, 6.07) is 0.177. The number of halogens is 8. The summed E-state index contributed by atoms with van der Waals surface area (Å²) in [7, 11) is 0. The Morgan fingerprint density at radius 3 is 1.09 bits per heavy atom. The second kappa shape index (κ2) is 5.70. The molecule has 0 aliphatic carbocycles. The molecule has 0 spiro atoms. The second-order valence-electron chi connectivity index (χ2n) is 3.84. The summed E-state index contributed by atoms with van der Waals surface area (Å²) < 4.78 is 103. The van der Waals surface area contributed by atoms with E-state index in [0.717, 1.165) is 0 Å². The summed E-state index contributed by atoms with van der Waals surface area (Å²) in [5, 5.41) is 5.64. The van der Waals surface area contributed by atoms with Crippen LogP contribution >= 0.6 is 0 Å². The third-order valence-electron chi connectivity index (χ3n) is 2.43. The summed E-state index contributed by atoms with van der Waals surface area (Å²) in [5.74, 6) is -16.2. The zero-order valence-corrected chi connectivity index (χ0v) is 10.1. The lowest BCUT2D eigenvalue weighted by molar-refractivity contribution is 0.409. The molecule has 2 rings (SSSR count). The van der Waals surface area contributed by atoms with Gasteiger partial charge in [0.1, 0.15) is 11.4 Å². The topological polar surface area (TPSA) is 24.7 Å². The van der Waals surface area contributed by atoms with Gasteiger partial charge in [0, 0.05) is 12.1 Å². The normalized spacial score (nSPS) is 11.5. The summed E-state index contributed by atoms with van der Waals surface area (Å²) in [6.45, 7) is 0. The number of nitrogens with zero attached hydrogens (tertiary/aromatic N) is 2. The van der Waals surface area contributed by atoms with Gasteiger partial charge in [0.05, 0.1) is 0 Å². The van der Waals surface area contributed by atoms with Crippen molar-refractivity contribution in [2.24, 2.45) is 10.2 Å². The van der Waals surface area contributed by atoms with Crippen molar-refractivity contribution in [1.82, 2.24) is 0 Å². The van der Waals surface area contributed by atoms with E-state index in [4.69, 9.17) is 0 Å². The van der Waals surface area contributed by atoms with Crippen LogP contribution in [0, 0.1) is 46.5 Å². The first-order chi connectivity index (χ1) is 10.2. The third-order valence-corrected chi connectivity index (χ3v) is 2.43. The molecule has 2 aromatic rings. The standard InChI is InChI=1S/C12H2F8N2/c13-3-1-5(9(17)11(19)7(3)15)21-22-6-2-4(14)8(16)12(20)10(6)18/h1-2H. The largest absolute Gasteiger partial charge is 0.204 e. The summed E-state index contributed by atoms with van der Waals surface area (Å²) in [5.41, 5.74) is -2.39. The number of hydrogen-bond donors (Lipinski definition) is 0. The van der Waals surface area contributed by atoms with E-state index in [1.165, 1.54) is 0 Å². The van der Waals surface area contributed by atoms with Crippen LogP contribution in [0.25, 0.3) is 0 Å². The minimum atomic E-state index is -2.20. The average Bonchev–Trinajstić information content (AvgIpc) is 2.49. The Kier molecular flexibility index (Phi) is 4.11. The van der Waals surface area contributed by atoms with Gasteiger partial charge in [-0.25, -0.2) is 35.1 Å². The summed E-state index contributed by atoms with van der Waals surface area (Å²) in [4.78, 5) is 0. The molecule has 0 amide bonds. The van der Waals surface area contributed by atoms with E-state index in [2.05, 4.69) is 10.2 Å². The Balaban J connectivity index is 2.51. The van der Waals surface area contributed by atoms with Gasteiger partial charge in [0.25, 0.3) is 0 Å². The van der Waals surface area contributed by atoms with Gasteiger partial charge in [-0.3, -0.25) is 0 Å². The third kappa shape index (κ3) is 2.63. The van der Waals surface area contributed by atoms with E-state index in [9.17, 15) is 35.1 Å². The zero-order chi connectivity index (χ0) is 16.6. The molecule has 10 heteroatoms. The number of rotatable bonds is 2. The van der Waals surface area contributed by atoms with Crippen LogP contribution in [0.4, 0.5) is 46.5 Å². The first-order valence-electron chi connectivity index (χ1n) is 5.31. The molecule has 0 heterocycles. The molecule has 0 saturated heterocycles. The minimum absolute atomic E-state index is 0.0887. The van der Waals surface area contributed by atoms with Crippen LogP contribution in [0.2, 0.25) is 0 Å². The van der Waals surface area contributed by atoms with Crippen molar-refractivity contribution in [1.29, 1.82) is 0 Å². The summed E-state index contributed by atoms with van der Waals surface area (Å²) >= 11 is 0. The van der Waals surface area contributed by atoms with Crippen molar-refractivity contribution in [3.63, 3.8) is 0 Å². The van der Waals surface area contributed by atoms with Crippen molar-refractivity contribution in [3.8, 4) is 0 Å². The smallest absolute Gasteiger partial charge is 0.199 e. The Morgan fingerprint density at radius 2 is 0.773 bits per heavy atom. The molecule has 2 nitrogen and oxygen atoms in total. The van der Waals surface area contributed by atoms with Crippen LogP contribution in [0.3, 0.4) is 0 Å².